The number of anilines is 1. The number of sulfonamides is 1. The molecule has 0 aliphatic rings. The number of aromatic nitrogens is 1. The van der Waals surface area contributed by atoms with Crippen molar-refractivity contribution in [1.82, 2.24) is 4.57 Å². The molecule has 1 aromatic carbocycles. The zero-order valence-corrected chi connectivity index (χ0v) is 12.4. The molecule has 1 aromatic heterocycles. The molecule has 3 N–H and O–H groups in total. The average molecular weight is 293 g/mol. The first kappa shape index (κ1) is 14.6. The number of benzene rings is 1. The second-order valence-corrected chi connectivity index (χ2v) is 6.53. The quantitative estimate of drug-likeness (QED) is 0.888. The zero-order valence-electron chi connectivity index (χ0n) is 11.6. The van der Waals surface area contributed by atoms with Crippen LogP contribution in [-0.2, 0) is 16.6 Å². The molecule has 0 bridgehead atoms. The van der Waals surface area contributed by atoms with E-state index < -0.39 is 10.0 Å². The van der Waals surface area contributed by atoms with E-state index >= 15 is 0 Å². The van der Waals surface area contributed by atoms with Gasteiger partial charge in [0, 0.05) is 30.2 Å². The highest BCUT2D eigenvalue weighted by atomic mass is 32.2. The highest BCUT2D eigenvalue weighted by Gasteiger charge is 2.19. The van der Waals surface area contributed by atoms with Crippen molar-refractivity contribution >= 4 is 15.7 Å². The fourth-order valence-electron chi connectivity index (χ4n) is 2.01. The summed E-state index contributed by atoms with van der Waals surface area (Å²) in [7, 11) is -3.58. The molecule has 0 atom stereocenters. The van der Waals surface area contributed by atoms with Gasteiger partial charge in [-0.1, -0.05) is 18.2 Å². The van der Waals surface area contributed by atoms with E-state index in [1.54, 1.807) is 36.5 Å². The van der Waals surface area contributed by atoms with Gasteiger partial charge in [-0.15, -0.1) is 0 Å². The van der Waals surface area contributed by atoms with Crippen LogP contribution in [0, 0.1) is 0 Å². The SMILES string of the molecule is CC(C)n1cc(S(=O)(=O)Nc2ccccc2)cc1CN. The number of hydrogen-bond acceptors (Lipinski definition) is 3. The molecule has 0 aliphatic carbocycles. The smallest absolute Gasteiger partial charge is 0.263 e. The van der Waals surface area contributed by atoms with Crippen molar-refractivity contribution < 1.29 is 8.42 Å². The molecule has 1 heterocycles. The number of nitrogens with two attached hydrogens (primary N) is 1. The lowest BCUT2D eigenvalue weighted by molar-refractivity contribution is 0.573. The lowest BCUT2D eigenvalue weighted by atomic mass is 10.3. The van der Waals surface area contributed by atoms with Gasteiger partial charge in [0.25, 0.3) is 10.0 Å². The lowest BCUT2D eigenvalue weighted by Gasteiger charge is -2.10. The maximum atomic E-state index is 12.3. The number of hydrogen-bond donors (Lipinski definition) is 2. The minimum Gasteiger partial charge on any atom is -0.346 e. The molecule has 0 amide bonds. The van der Waals surface area contributed by atoms with Crippen molar-refractivity contribution in [3.63, 3.8) is 0 Å². The third-order valence-corrected chi connectivity index (χ3v) is 4.36. The van der Waals surface area contributed by atoms with Crippen LogP contribution < -0.4 is 10.5 Å². The number of para-hydroxylation sites is 1. The van der Waals surface area contributed by atoms with Crippen molar-refractivity contribution in [1.29, 1.82) is 0 Å². The van der Waals surface area contributed by atoms with Gasteiger partial charge in [-0.3, -0.25) is 4.72 Å². The number of nitrogens with one attached hydrogen (secondary N) is 1. The van der Waals surface area contributed by atoms with Gasteiger partial charge in [-0.2, -0.15) is 0 Å². The minimum absolute atomic E-state index is 0.161. The molecular formula is C14H19N3O2S. The van der Waals surface area contributed by atoms with E-state index in [0.29, 0.717) is 12.2 Å². The van der Waals surface area contributed by atoms with Crippen LogP contribution in [-0.4, -0.2) is 13.0 Å². The summed E-state index contributed by atoms with van der Waals surface area (Å²) in [4.78, 5) is 0.232. The zero-order chi connectivity index (χ0) is 14.8. The largest absolute Gasteiger partial charge is 0.346 e. The first-order valence-corrected chi connectivity index (χ1v) is 7.91. The van der Waals surface area contributed by atoms with Gasteiger partial charge in [0.05, 0.1) is 0 Å². The Hall–Kier alpha value is -1.79. The van der Waals surface area contributed by atoms with Crippen molar-refractivity contribution in [2.75, 3.05) is 4.72 Å². The van der Waals surface area contributed by atoms with Crippen molar-refractivity contribution in [3.8, 4) is 0 Å². The van der Waals surface area contributed by atoms with E-state index in [4.69, 9.17) is 5.73 Å². The lowest BCUT2D eigenvalue weighted by Crippen LogP contribution is -2.12. The molecule has 0 saturated heterocycles. The van der Waals surface area contributed by atoms with Crippen LogP contribution in [0.15, 0.2) is 47.5 Å². The summed E-state index contributed by atoms with van der Waals surface area (Å²) in [6.07, 6.45) is 1.62. The molecule has 0 saturated carbocycles. The summed E-state index contributed by atoms with van der Waals surface area (Å²) in [6, 6.07) is 10.6. The predicted molar refractivity (Wildman–Crippen MR) is 80.0 cm³/mol. The van der Waals surface area contributed by atoms with Gasteiger partial charge in [0.2, 0.25) is 0 Å². The van der Waals surface area contributed by atoms with E-state index in [1.807, 2.05) is 24.5 Å². The molecule has 2 rings (SSSR count). The van der Waals surface area contributed by atoms with Crippen LogP contribution in [0.25, 0.3) is 0 Å². The van der Waals surface area contributed by atoms with Gasteiger partial charge in [-0.25, -0.2) is 8.42 Å². The van der Waals surface area contributed by atoms with Crippen molar-refractivity contribution in [3.05, 3.63) is 48.3 Å². The summed E-state index contributed by atoms with van der Waals surface area (Å²) in [6.45, 7) is 4.28. The molecule has 108 valence electrons. The van der Waals surface area contributed by atoms with Crippen LogP contribution >= 0.6 is 0 Å². The fourth-order valence-corrected chi connectivity index (χ4v) is 3.12. The first-order chi connectivity index (χ1) is 9.44. The Labute approximate surface area is 119 Å². The molecule has 5 nitrogen and oxygen atoms in total. The molecule has 0 radical (unpaired) electrons. The van der Waals surface area contributed by atoms with Gasteiger partial charge < -0.3 is 10.3 Å². The second-order valence-electron chi connectivity index (χ2n) is 4.84. The Bertz CT molecular complexity index is 676. The van der Waals surface area contributed by atoms with Gasteiger partial charge in [-0.05, 0) is 32.0 Å². The van der Waals surface area contributed by atoms with E-state index in [9.17, 15) is 8.42 Å². The van der Waals surface area contributed by atoms with Crippen LogP contribution in [0.3, 0.4) is 0 Å². The van der Waals surface area contributed by atoms with Crippen LogP contribution in [0.4, 0.5) is 5.69 Å². The van der Waals surface area contributed by atoms with E-state index in [1.165, 1.54) is 0 Å². The van der Waals surface area contributed by atoms with Gasteiger partial charge in [0.1, 0.15) is 4.90 Å². The molecular weight excluding hydrogens is 274 g/mol. The topological polar surface area (TPSA) is 77.1 Å². The molecule has 0 unspecified atom stereocenters. The van der Waals surface area contributed by atoms with Crippen LogP contribution in [0.5, 0.6) is 0 Å². The second kappa shape index (κ2) is 5.68. The Kier molecular flexibility index (Phi) is 4.15. The Morgan fingerprint density at radius 2 is 1.90 bits per heavy atom. The molecule has 2 aromatic rings. The molecule has 0 fully saturated rings. The highest BCUT2D eigenvalue weighted by Crippen LogP contribution is 2.21. The molecule has 20 heavy (non-hydrogen) atoms. The van der Waals surface area contributed by atoms with Crippen LogP contribution in [0.2, 0.25) is 0 Å². The fraction of sp³-hybridized carbons (Fsp3) is 0.286. The maximum absolute atomic E-state index is 12.3. The maximum Gasteiger partial charge on any atom is 0.263 e. The number of nitrogens with zero attached hydrogens (tertiary/aromatic N) is 1. The number of rotatable bonds is 5. The Morgan fingerprint density at radius 1 is 1.25 bits per heavy atom. The monoisotopic (exact) mass is 293 g/mol. The van der Waals surface area contributed by atoms with Gasteiger partial charge >= 0.3 is 0 Å². The summed E-state index contributed by atoms with van der Waals surface area (Å²) in [5, 5.41) is 0. The highest BCUT2D eigenvalue weighted by molar-refractivity contribution is 7.92. The Morgan fingerprint density at radius 3 is 2.40 bits per heavy atom. The summed E-state index contributed by atoms with van der Waals surface area (Å²) in [5.74, 6) is 0. The van der Waals surface area contributed by atoms with Crippen molar-refractivity contribution in [2.45, 2.75) is 31.3 Å². The summed E-state index contributed by atoms with van der Waals surface area (Å²) in [5.41, 5.74) is 7.00. The third kappa shape index (κ3) is 3.02. The van der Waals surface area contributed by atoms with Crippen LogP contribution in [0.1, 0.15) is 25.6 Å². The van der Waals surface area contributed by atoms with Crippen molar-refractivity contribution in [2.24, 2.45) is 5.73 Å². The standard InChI is InChI=1S/C14H19N3O2S/c1-11(2)17-10-14(8-13(17)9-15)20(18,19)16-12-6-4-3-5-7-12/h3-8,10-11,16H,9,15H2,1-2H3. The van der Waals surface area contributed by atoms with Gasteiger partial charge in [0.15, 0.2) is 0 Å². The normalized spacial score (nSPS) is 11.8. The van der Waals surface area contributed by atoms with E-state index in [-0.39, 0.29) is 10.9 Å². The molecule has 0 spiro atoms. The van der Waals surface area contributed by atoms with E-state index in [2.05, 4.69) is 4.72 Å². The van der Waals surface area contributed by atoms with E-state index in [0.717, 1.165) is 5.69 Å². The Balaban J connectivity index is 2.35. The summed E-state index contributed by atoms with van der Waals surface area (Å²) >= 11 is 0. The molecule has 6 heteroatoms. The summed E-state index contributed by atoms with van der Waals surface area (Å²) < 4.78 is 29.1. The third-order valence-electron chi connectivity index (χ3n) is 3.01. The predicted octanol–water partition coefficient (Wildman–Crippen LogP) is 2.33. The average Bonchev–Trinajstić information content (AvgIpc) is 2.84. The first-order valence-electron chi connectivity index (χ1n) is 6.42. The minimum atomic E-state index is -3.58. The molecule has 0 aliphatic heterocycles.